The van der Waals surface area contributed by atoms with Gasteiger partial charge in [0.2, 0.25) is 11.8 Å². The van der Waals surface area contributed by atoms with Gasteiger partial charge in [0.05, 0.1) is 19.9 Å². The fourth-order valence-electron chi connectivity index (χ4n) is 2.80. The second-order valence-electron chi connectivity index (χ2n) is 6.19. The number of benzene rings is 2. The topological polar surface area (TPSA) is 59.1 Å². The van der Waals surface area contributed by atoms with Gasteiger partial charge in [0.25, 0.3) is 0 Å². The fraction of sp³-hybridized carbons (Fsp3) is 0.333. The first-order valence-corrected chi connectivity index (χ1v) is 8.74. The van der Waals surface area contributed by atoms with Crippen molar-refractivity contribution in [2.24, 2.45) is 0 Å². The van der Waals surface area contributed by atoms with Crippen molar-refractivity contribution in [1.82, 2.24) is 4.90 Å². The summed E-state index contributed by atoms with van der Waals surface area (Å²) in [5.41, 5.74) is 1.68. The van der Waals surface area contributed by atoms with Crippen LogP contribution in [0.3, 0.4) is 0 Å². The van der Waals surface area contributed by atoms with Crippen molar-refractivity contribution < 1.29 is 19.1 Å². The highest BCUT2D eigenvalue weighted by Crippen LogP contribution is 2.32. The Bertz CT molecular complexity index is 777. The number of amides is 2. The first-order valence-electron chi connectivity index (χ1n) is 8.74. The van der Waals surface area contributed by atoms with E-state index in [0.29, 0.717) is 23.7 Å². The molecule has 2 amide bonds. The molecule has 0 saturated carbocycles. The molecule has 0 N–H and O–H groups in total. The average molecular weight is 370 g/mol. The molecule has 0 bridgehead atoms. The van der Waals surface area contributed by atoms with Crippen molar-refractivity contribution in [3.8, 4) is 11.5 Å². The van der Waals surface area contributed by atoms with Crippen LogP contribution in [0.2, 0.25) is 0 Å². The van der Waals surface area contributed by atoms with Crippen molar-refractivity contribution in [1.29, 1.82) is 0 Å². The van der Waals surface area contributed by atoms with Crippen LogP contribution in [0.5, 0.6) is 11.5 Å². The number of hydrogen-bond acceptors (Lipinski definition) is 4. The van der Waals surface area contributed by atoms with E-state index in [2.05, 4.69) is 0 Å². The fourth-order valence-corrected chi connectivity index (χ4v) is 2.80. The van der Waals surface area contributed by atoms with Crippen molar-refractivity contribution >= 4 is 17.5 Å². The summed E-state index contributed by atoms with van der Waals surface area (Å²) in [6.07, 6.45) is 0.220. The highest BCUT2D eigenvalue weighted by atomic mass is 16.5. The molecular formula is C21H26N2O4. The number of ether oxygens (including phenoxy) is 2. The number of carbonyl (C=O) groups is 2. The molecule has 27 heavy (non-hydrogen) atoms. The Labute approximate surface area is 160 Å². The lowest BCUT2D eigenvalue weighted by Crippen LogP contribution is -2.34. The van der Waals surface area contributed by atoms with Crippen molar-refractivity contribution in [3.63, 3.8) is 0 Å². The number of methoxy groups -OCH3 is 2. The molecule has 144 valence electrons. The largest absolute Gasteiger partial charge is 0.497 e. The van der Waals surface area contributed by atoms with E-state index in [1.54, 1.807) is 42.2 Å². The number of carbonyl (C=O) groups excluding carboxylic acids is 2. The molecule has 0 radical (unpaired) electrons. The van der Waals surface area contributed by atoms with Crippen LogP contribution in [0.15, 0.2) is 48.5 Å². The van der Waals surface area contributed by atoms with E-state index in [-0.39, 0.29) is 24.8 Å². The molecule has 0 fully saturated rings. The summed E-state index contributed by atoms with van der Waals surface area (Å²) in [5.74, 6) is 0.974. The van der Waals surface area contributed by atoms with Crippen molar-refractivity contribution in [2.75, 3.05) is 32.7 Å². The molecule has 0 aliphatic rings. The molecule has 0 aromatic heterocycles. The van der Waals surface area contributed by atoms with Crippen molar-refractivity contribution in [2.45, 2.75) is 19.9 Å². The van der Waals surface area contributed by atoms with Gasteiger partial charge in [-0.15, -0.1) is 0 Å². The lowest BCUT2D eigenvalue weighted by Gasteiger charge is -2.25. The van der Waals surface area contributed by atoms with Crippen molar-refractivity contribution in [3.05, 3.63) is 54.1 Å². The monoisotopic (exact) mass is 370 g/mol. The van der Waals surface area contributed by atoms with Gasteiger partial charge in [0.15, 0.2) is 0 Å². The molecule has 0 heterocycles. The maximum Gasteiger partial charge on any atom is 0.224 e. The minimum absolute atomic E-state index is 0.0300. The molecule has 6 nitrogen and oxygen atoms in total. The van der Waals surface area contributed by atoms with Gasteiger partial charge in [-0.3, -0.25) is 9.59 Å². The Morgan fingerprint density at radius 1 is 1.00 bits per heavy atom. The number of hydrogen-bond donors (Lipinski definition) is 0. The molecule has 0 unspecified atom stereocenters. The van der Waals surface area contributed by atoms with Gasteiger partial charge < -0.3 is 19.3 Å². The predicted molar refractivity (Wildman–Crippen MR) is 105 cm³/mol. The van der Waals surface area contributed by atoms with Crippen LogP contribution in [-0.4, -0.2) is 44.5 Å². The molecule has 0 aliphatic carbocycles. The average Bonchev–Trinajstić information content (AvgIpc) is 2.68. The lowest BCUT2D eigenvalue weighted by atomic mass is 10.2. The molecule has 2 aromatic carbocycles. The lowest BCUT2D eigenvalue weighted by molar-refractivity contribution is -0.130. The second-order valence-corrected chi connectivity index (χ2v) is 6.19. The van der Waals surface area contributed by atoms with E-state index in [9.17, 15) is 9.59 Å². The molecule has 0 atom stereocenters. The zero-order valence-corrected chi connectivity index (χ0v) is 16.3. The summed E-state index contributed by atoms with van der Waals surface area (Å²) >= 11 is 0. The van der Waals surface area contributed by atoms with Gasteiger partial charge in [-0.25, -0.2) is 0 Å². The van der Waals surface area contributed by atoms with Gasteiger partial charge in [0, 0.05) is 39.5 Å². The van der Waals surface area contributed by atoms with Crippen LogP contribution in [0.25, 0.3) is 0 Å². The first kappa shape index (κ1) is 20.3. The molecule has 0 spiro atoms. The van der Waals surface area contributed by atoms with E-state index < -0.39 is 0 Å². The zero-order chi connectivity index (χ0) is 19.8. The molecule has 0 aliphatic heterocycles. The first-order chi connectivity index (χ1) is 13.0. The van der Waals surface area contributed by atoms with Crippen LogP contribution in [-0.2, 0) is 16.1 Å². The highest BCUT2D eigenvalue weighted by molar-refractivity contribution is 5.94. The van der Waals surface area contributed by atoms with Gasteiger partial charge >= 0.3 is 0 Å². The van der Waals surface area contributed by atoms with Crippen LogP contribution >= 0.6 is 0 Å². The minimum Gasteiger partial charge on any atom is -0.497 e. The molecular weight excluding hydrogens is 344 g/mol. The summed E-state index contributed by atoms with van der Waals surface area (Å²) in [7, 11) is 4.87. The van der Waals surface area contributed by atoms with E-state index >= 15 is 0 Å². The number of nitrogens with zero attached hydrogens (tertiary/aromatic N) is 2. The Morgan fingerprint density at radius 3 is 2.30 bits per heavy atom. The summed E-state index contributed by atoms with van der Waals surface area (Å²) in [6, 6.07) is 15.0. The van der Waals surface area contributed by atoms with E-state index in [1.807, 2.05) is 30.3 Å². The van der Waals surface area contributed by atoms with Gasteiger partial charge in [0.1, 0.15) is 11.5 Å². The van der Waals surface area contributed by atoms with Crippen LogP contribution in [0.4, 0.5) is 5.69 Å². The SMILES string of the molecule is COc1ccc(N(CCC(=O)N(C)Cc2ccccc2)C(C)=O)c(OC)c1. The highest BCUT2D eigenvalue weighted by Gasteiger charge is 2.19. The minimum atomic E-state index is -0.156. The molecule has 2 rings (SSSR count). The Hall–Kier alpha value is -3.02. The Morgan fingerprint density at radius 2 is 1.70 bits per heavy atom. The smallest absolute Gasteiger partial charge is 0.224 e. The molecule has 6 heteroatoms. The number of anilines is 1. The summed E-state index contributed by atoms with van der Waals surface area (Å²) in [4.78, 5) is 27.9. The zero-order valence-electron chi connectivity index (χ0n) is 16.3. The van der Waals surface area contributed by atoms with Crippen LogP contribution in [0, 0.1) is 0 Å². The third kappa shape index (κ3) is 5.48. The van der Waals surface area contributed by atoms with Gasteiger partial charge in [-0.2, -0.15) is 0 Å². The van der Waals surface area contributed by atoms with E-state index in [1.165, 1.54) is 14.0 Å². The third-order valence-electron chi connectivity index (χ3n) is 4.30. The van der Waals surface area contributed by atoms with Crippen LogP contribution < -0.4 is 14.4 Å². The normalized spacial score (nSPS) is 10.2. The third-order valence-corrected chi connectivity index (χ3v) is 4.30. The predicted octanol–water partition coefficient (Wildman–Crippen LogP) is 3.11. The number of rotatable bonds is 8. The summed E-state index contributed by atoms with van der Waals surface area (Å²) in [6.45, 7) is 2.28. The maximum atomic E-state index is 12.5. The molecule has 2 aromatic rings. The van der Waals surface area contributed by atoms with Crippen LogP contribution in [0.1, 0.15) is 18.9 Å². The Balaban J connectivity index is 2.06. The van der Waals surface area contributed by atoms with Gasteiger partial charge in [-0.05, 0) is 17.7 Å². The van der Waals surface area contributed by atoms with Gasteiger partial charge in [-0.1, -0.05) is 30.3 Å². The van der Waals surface area contributed by atoms with E-state index in [0.717, 1.165) is 5.56 Å². The summed E-state index contributed by atoms with van der Waals surface area (Å²) < 4.78 is 10.6. The second kappa shape index (κ2) is 9.62. The molecule has 0 saturated heterocycles. The Kier molecular flexibility index (Phi) is 7.23. The maximum absolute atomic E-state index is 12.5. The summed E-state index contributed by atoms with van der Waals surface area (Å²) in [5, 5.41) is 0. The standard InChI is InChI=1S/C21H26N2O4/c1-16(24)23(19-11-10-18(26-3)14-20(19)27-4)13-12-21(25)22(2)15-17-8-6-5-7-9-17/h5-11,14H,12-13,15H2,1-4H3. The van der Waals surface area contributed by atoms with E-state index in [4.69, 9.17) is 9.47 Å². The quantitative estimate of drug-likeness (QED) is 0.716.